The predicted molar refractivity (Wildman–Crippen MR) is 111 cm³/mol. The lowest BCUT2D eigenvalue weighted by molar-refractivity contribution is -0.117. The van der Waals surface area contributed by atoms with Crippen molar-refractivity contribution in [1.29, 1.82) is 0 Å². The fourth-order valence-corrected chi connectivity index (χ4v) is 3.40. The molecule has 2 aromatic heterocycles. The van der Waals surface area contributed by atoms with Crippen molar-refractivity contribution in [3.63, 3.8) is 0 Å². The highest BCUT2D eigenvalue weighted by Gasteiger charge is 2.17. The Morgan fingerprint density at radius 2 is 2.14 bits per heavy atom. The molecule has 0 aliphatic heterocycles. The van der Waals surface area contributed by atoms with Gasteiger partial charge in [0.1, 0.15) is 12.9 Å². The van der Waals surface area contributed by atoms with Gasteiger partial charge < -0.3 is 5.32 Å². The minimum absolute atomic E-state index is 0.240. The number of rotatable bonds is 5. The van der Waals surface area contributed by atoms with E-state index < -0.39 is 11.7 Å². The van der Waals surface area contributed by atoms with Crippen LogP contribution in [0.2, 0.25) is 0 Å². The molecule has 1 N–H and O–H groups in total. The van der Waals surface area contributed by atoms with Crippen molar-refractivity contribution in [3.8, 4) is 11.1 Å². The van der Waals surface area contributed by atoms with E-state index in [4.69, 9.17) is 0 Å². The first-order chi connectivity index (χ1) is 13.4. The van der Waals surface area contributed by atoms with Crippen molar-refractivity contribution in [2.45, 2.75) is 26.8 Å². The molecule has 0 bridgehead atoms. The second-order valence-corrected chi connectivity index (χ2v) is 7.29. The van der Waals surface area contributed by atoms with Gasteiger partial charge in [-0.25, -0.2) is 19.0 Å². The zero-order chi connectivity index (χ0) is 20.3. The van der Waals surface area contributed by atoms with Gasteiger partial charge in [-0.1, -0.05) is 19.1 Å². The van der Waals surface area contributed by atoms with Crippen molar-refractivity contribution in [2.24, 2.45) is 0 Å². The molecule has 1 amide bonds. The molecule has 0 saturated heterocycles. The number of anilines is 1. The SMILES string of the molecule is CCc1nn(CC(=O)Nc2ncncc2F)c(=O)c(C)c1-c1cccc(I)c1. The van der Waals surface area contributed by atoms with Gasteiger partial charge in [-0.2, -0.15) is 5.10 Å². The number of aryl methyl sites for hydroxylation is 1. The Morgan fingerprint density at radius 1 is 1.36 bits per heavy atom. The van der Waals surface area contributed by atoms with E-state index in [-0.39, 0.29) is 17.9 Å². The number of halogens is 2. The molecule has 9 heteroatoms. The lowest BCUT2D eigenvalue weighted by atomic mass is 9.99. The fourth-order valence-electron chi connectivity index (χ4n) is 2.85. The Morgan fingerprint density at radius 3 is 2.82 bits per heavy atom. The van der Waals surface area contributed by atoms with E-state index in [1.54, 1.807) is 6.92 Å². The Labute approximate surface area is 174 Å². The molecular weight excluding hydrogens is 476 g/mol. The quantitative estimate of drug-likeness (QED) is 0.553. The third-order valence-electron chi connectivity index (χ3n) is 4.13. The van der Waals surface area contributed by atoms with Crippen molar-refractivity contribution in [2.75, 3.05) is 5.32 Å². The number of carbonyl (C=O) groups excluding carboxylic acids is 1. The molecule has 28 heavy (non-hydrogen) atoms. The Hall–Kier alpha value is -2.69. The van der Waals surface area contributed by atoms with Crippen molar-refractivity contribution >= 4 is 34.3 Å². The van der Waals surface area contributed by atoms with Crippen LogP contribution in [0.1, 0.15) is 18.2 Å². The molecule has 0 atom stereocenters. The highest BCUT2D eigenvalue weighted by molar-refractivity contribution is 14.1. The highest BCUT2D eigenvalue weighted by Crippen LogP contribution is 2.26. The largest absolute Gasteiger partial charge is 0.307 e. The summed E-state index contributed by atoms with van der Waals surface area (Å²) in [6, 6.07) is 7.80. The standard InChI is InChI=1S/C19H17FIN5O2/c1-3-15-17(12-5-4-6-13(21)7-12)11(2)19(28)26(25-15)9-16(27)24-18-14(20)8-22-10-23-18/h4-8,10H,3,9H2,1-2H3,(H,22,23,24,27). The van der Waals surface area contributed by atoms with Crippen LogP contribution in [-0.4, -0.2) is 25.7 Å². The van der Waals surface area contributed by atoms with Gasteiger partial charge in [-0.15, -0.1) is 0 Å². The molecule has 0 radical (unpaired) electrons. The summed E-state index contributed by atoms with van der Waals surface area (Å²) in [5, 5.41) is 6.71. The molecule has 3 rings (SSSR count). The maximum atomic E-state index is 13.6. The van der Waals surface area contributed by atoms with Gasteiger partial charge in [-0.05, 0) is 53.6 Å². The molecular formula is C19H17FIN5O2. The van der Waals surface area contributed by atoms with Gasteiger partial charge in [0.2, 0.25) is 5.91 Å². The van der Waals surface area contributed by atoms with E-state index in [9.17, 15) is 14.0 Å². The van der Waals surface area contributed by atoms with E-state index in [1.807, 2.05) is 31.2 Å². The van der Waals surface area contributed by atoms with Gasteiger partial charge in [0, 0.05) is 14.7 Å². The van der Waals surface area contributed by atoms with Crippen molar-refractivity contribution in [1.82, 2.24) is 19.7 Å². The van der Waals surface area contributed by atoms with Crippen LogP contribution in [-0.2, 0) is 17.8 Å². The second kappa shape index (κ2) is 8.55. The number of carbonyl (C=O) groups is 1. The number of hydrogen-bond acceptors (Lipinski definition) is 5. The van der Waals surface area contributed by atoms with E-state index >= 15 is 0 Å². The second-order valence-electron chi connectivity index (χ2n) is 6.04. The number of nitrogens with zero attached hydrogens (tertiary/aromatic N) is 4. The molecule has 144 valence electrons. The first-order valence-corrected chi connectivity index (χ1v) is 9.60. The molecule has 0 saturated carbocycles. The van der Waals surface area contributed by atoms with Crippen LogP contribution in [0.5, 0.6) is 0 Å². The van der Waals surface area contributed by atoms with Gasteiger partial charge in [0.25, 0.3) is 5.56 Å². The van der Waals surface area contributed by atoms with Crippen LogP contribution >= 0.6 is 22.6 Å². The molecule has 7 nitrogen and oxygen atoms in total. The fraction of sp³-hybridized carbons (Fsp3) is 0.211. The number of aromatic nitrogens is 4. The number of hydrogen-bond donors (Lipinski definition) is 1. The monoisotopic (exact) mass is 493 g/mol. The lowest BCUT2D eigenvalue weighted by Crippen LogP contribution is -2.32. The Kier molecular flexibility index (Phi) is 6.12. The first-order valence-electron chi connectivity index (χ1n) is 8.52. The van der Waals surface area contributed by atoms with E-state index in [0.717, 1.165) is 31.9 Å². The zero-order valence-corrected chi connectivity index (χ0v) is 17.4. The summed E-state index contributed by atoms with van der Waals surface area (Å²) in [6.45, 7) is 3.31. The van der Waals surface area contributed by atoms with Gasteiger partial charge >= 0.3 is 0 Å². The normalized spacial score (nSPS) is 10.7. The summed E-state index contributed by atoms with van der Waals surface area (Å²) in [4.78, 5) is 32.2. The van der Waals surface area contributed by atoms with Crippen LogP contribution in [0.3, 0.4) is 0 Å². The third kappa shape index (κ3) is 4.24. The summed E-state index contributed by atoms with van der Waals surface area (Å²) in [5.41, 5.74) is 2.54. The van der Waals surface area contributed by atoms with E-state index in [0.29, 0.717) is 17.7 Å². The molecule has 2 heterocycles. The van der Waals surface area contributed by atoms with E-state index in [1.165, 1.54) is 0 Å². The van der Waals surface area contributed by atoms with Crippen LogP contribution in [0.4, 0.5) is 10.2 Å². The summed E-state index contributed by atoms with van der Waals surface area (Å²) in [6.07, 6.45) is 2.66. The first kappa shape index (κ1) is 20.1. The van der Waals surface area contributed by atoms with Crippen LogP contribution in [0, 0.1) is 16.3 Å². The summed E-state index contributed by atoms with van der Waals surface area (Å²) in [5.74, 6) is -1.60. The minimum Gasteiger partial charge on any atom is -0.307 e. The number of benzene rings is 1. The molecule has 0 aliphatic rings. The number of amides is 1. The summed E-state index contributed by atoms with van der Waals surface area (Å²) >= 11 is 2.21. The Bertz CT molecular complexity index is 1100. The molecule has 0 unspecified atom stereocenters. The van der Waals surface area contributed by atoms with Gasteiger partial charge in [0.05, 0.1) is 11.9 Å². The maximum absolute atomic E-state index is 13.6. The molecule has 0 spiro atoms. The minimum atomic E-state index is -0.754. The Balaban J connectivity index is 1.95. The van der Waals surface area contributed by atoms with Crippen LogP contribution < -0.4 is 10.9 Å². The smallest absolute Gasteiger partial charge is 0.270 e. The average Bonchev–Trinajstić information content (AvgIpc) is 2.67. The highest BCUT2D eigenvalue weighted by atomic mass is 127. The van der Waals surface area contributed by atoms with Gasteiger partial charge in [-0.3, -0.25) is 9.59 Å². The predicted octanol–water partition coefficient (Wildman–Crippen LogP) is 2.95. The summed E-state index contributed by atoms with van der Waals surface area (Å²) < 4.78 is 15.7. The lowest BCUT2D eigenvalue weighted by Gasteiger charge is -2.14. The molecule has 1 aromatic carbocycles. The average molecular weight is 493 g/mol. The number of nitrogens with one attached hydrogen (secondary N) is 1. The summed E-state index contributed by atoms with van der Waals surface area (Å²) in [7, 11) is 0. The third-order valence-corrected chi connectivity index (χ3v) is 4.80. The van der Waals surface area contributed by atoms with Crippen LogP contribution in [0.25, 0.3) is 11.1 Å². The molecule has 0 aliphatic carbocycles. The van der Waals surface area contributed by atoms with Crippen LogP contribution in [0.15, 0.2) is 41.6 Å². The topological polar surface area (TPSA) is 89.8 Å². The molecule has 0 fully saturated rings. The van der Waals surface area contributed by atoms with E-state index in [2.05, 4.69) is 43.0 Å². The maximum Gasteiger partial charge on any atom is 0.270 e. The van der Waals surface area contributed by atoms with Gasteiger partial charge in [0.15, 0.2) is 11.6 Å². The zero-order valence-electron chi connectivity index (χ0n) is 15.2. The molecule has 3 aromatic rings. The van der Waals surface area contributed by atoms with Crippen molar-refractivity contribution < 1.29 is 9.18 Å². The van der Waals surface area contributed by atoms with Crippen molar-refractivity contribution in [3.05, 3.63) is 67.8 Å².